The fourth-order valence-electron chi connectivity index (χ4n) is 0.520. The first-order chi connectivity index (χ1) is 4.22. The van der Waals surface area contributed by atoms with Gasteiger partial charge < -0.3 is 5.32 Å². The highest BCUT2D eigenvalue weighted by Crippen LogP contribution is 2.07. The lowest BCUT2D eigenvalue weighted by Gasteiger charge is -1.98. The summed E-state index contributed by atoms with van der Waals surface area (Å²) in [6.45, 7) is 4.04. The molecule has 0 aromatic carbocycles. The van der Waals surface area contributed by atoms with Crippen molar-refractivity contribution in [2.45, 2.75) is 13.8 Å². The second kappa shape index (κ2) is 4.62. The Morgan fingerprint density at radius 3 is 2.44 bits per heavy atom. The highest BCUT2D eigenvalue weighted by atomic mass is 79.9. The van der Waals surface area contributed by atoms with E-state index in [0.29, 0.717) is 0 Å². The zero-order chi connectivity index (χ0) is 7.28. The monoisotopic (exact) mass is 189 g/mol. The van der Waals surface area contributed by atoms with Crippen LogP contribution in [0.3, 0.4) is 0 Å². The molecule has 0 aliphatic heterocycles. The molecule has 1 nitrogen and oxygen atoms in total. The van der Waals surface area contributed by atoms with E-state index in [1.807, 2.05) is 33.0 Å². The number of hydrogen-bond donors (Lipinski definition) is 1. The highest BCUT2D eigenvalue weighted by Gasteiger charge is 1.87. The van der Waals surface area contributed by atoms with Crippen molar-refractivity contribution in [3.05, 3.63) is 22.3 Å². The van der Waals surface area contributed by atoms with Crippen LogP contribution in [0, 0.1) is 0 Å². The van der Waals surface area contributed by atoms with Crippen molar-refractivity contribution >= 4 is 15.9 Å². The molecule has 0 aromatic rings. The lowest BCUT2D eigenvalue weighted by Crippen LogP contribution is -2.00. The first-order valence-electron chi connectivity index (χ1n) is 2.89. The van der Waals surface area contributed by atoms with Crippen LogP contribution >= 0.6 is 15.9 Å². The Labute approximate surface area is 65.0 Å². The van der Waals surface area contributed by atoms with Crippen molar-refractivity contribution in [2.24, 2.45) is 0 Å². The molecule has 0 amide bonds. The predicted molar refractivity (Wildman–Crippen MR) is 45.5 cm³/mol. The van der Waals surface area contributed by atoms with E-state index in [2.05, 4.69) is 21.2 Å². The van der Waals surface area contributed by atoms with E-state index >= 15 is 0 Å². The molecule has 0 atom stereocenters. The summed E-state index contributed by atoms with van der Waals surface area (Å²) in [7, 11) is 1.89. The van der Waals surface area contributed by atoms with E-state index in [1.54, 1.807) is 0 Å². The zero-order valence-electron chi connectivity index (χ0n) is 6.03. The van der Waals surface area contributed by atoms with Gasteiger partial charge in [0.25, 0.3) is 0 Å². The molecule has 0 bridgehead atoms. The SMILES string of the molecule is C/C=C\C(C)=C(\Br)NC. The van der Waals surface area contributed by atoms with Crippen molar-refractivity contribution in [1.29, 1.82) is 0 Å². The Balaban J connectivity index is 4.10. The molecule has 0 radical (unpaired) electrons. The van der Waals surface area contributed by atoms with E-state index in [-0.39, 0.29) is 0 Å². The Bertz CT molecular complexity index is 136. The highest BCUT2D eigenvalue weighted by molar-refractivity contribution is 9.11. The van der Waals surface area contributed by atoms with E-state index in [0.717, 1.165) is 4.61 Å². The van der Waals surface area contributed by atoms with Crippen LogP contribution in [0.5, 0.6) is 0 Å². The third-order valence-corrected chi connectivity index (χ3v) is 2.00. The van der Waals surface area contributed by atoms with Gasteiger partial charge in [-0.15, -0.1) is 0 Å². The average molecular weight is 190 g/mol. The summed E-state index contributed by atoms with van der Waals surface area (Å²) >= 11 is 3.36. The predicted octanol–water partition coefficient (Wildman–Crippen LogP) is 2.41. The first kappa shape index (κ1) is 8.76. The van der Waals surface area contributed by atoms with Crippen LogP contribution in [0.25, 0.3) is 0 Å². The molecule has 0 aliphatic rings. The Hall–Kier alpha value is -0.240. The van der Waals surface area contributed by atoms with Gasteiger partial charge in [-0.3, -0.25) is 0 Å². The van der Waals surface area contributed by atoms with Gasteiger partial charge in [-0.1, -0.05) is 12.2 Å². The summed E-state index contributed by atoms with van der Waals surface area (Å²) in [5.74, 6) is 0. The van der Waals surface area contributed by atoms with Crippen LogP contribution < -0.4 is 5.32 Å². The number of hydrogen-bond acceptors (Lipinski definition) is 1. The molecule has 0 aliphatic carbocycles. The van der Waals surface area contributed by atoms with Gasteiger partial charge >= 0.3 is 0 Å². The van der Waals surface area contributed by atoms with Crippen LogP contribution in [0.15, 0.2) is 22.3 Å². The lowest BCUT2D eigenvalue weighted by atomic mass is 10.3. The molecule has 0 unspecified atom stereocenters. The van der Waals surface area contributed by atoms with Gasteiger partial charge in [-0.05, 0) is 35.4 Å². The van der Waals surface area contributed by atoms with Crippen LogP contribution in [-0.2, 0) is 0 Å². The van der Waals surface area contributed by atoms with Crippen LogP contribution in [0.2, 0.25) is 0 Å². The quantitative estimate of drug-likeness (QED) is 0.520. The van der Waals surface area contributed by atoms with Gasteiger partial charge in [0.15, 0.2) is 0 Å². The molecule has 0 saturated carbocycles. The Kier molecular flexibility index (Phi) is 4.50. The molecule has 9 heavy (non-hydrogen) atoms. The summed E-state index contributed by atoms with van der Waals surface area (Å²) in [5.41, 5.74) is 1.21. The van der Waals surface area contributed by atoms with E-state index in [4.69, 9.17) is 0 Å². The van der Waals surface area contributed by atoms with Crippen molar-refractivity contribution in [1.82, 2.24) is 5.32 Å². The lowest BCUT2D eigenvalue weighted by molar-refractivity contribution is 1.06. The van der Waals surface area contributed by atoms with Gasteiger partial charge in [-0.25, -0.2) is 0 Å². The van der Waals surface area contributed by atoms with Gasteiger partial charge in [0, 0.05) is 7.05 Å². The summed E-state index contributed by atoms with van der Waals surface area (Å²) < 4.78 is 1.04. The number of allylic oxidation sites excluding steroid dienone is 3. The second-order valence-electron chi connectivity index (χ2n) is 1.75. The van der Waals surface area contributed by atoms with Gasteiger partial charge in [0.2, 0.25) is 0 Å². The van der Waals surface area contributed by atoms with Crippen molar-refractivity contribution < 1.29 is 0 Å². The van der Waals surface area contributed by atoms with Gasteiger partial charge in [-0.2, -0.15) is 0 Å². The molecule has 0 aromatic heterocycles. The van der Waals surface area contributed by atoms with E-state index < -0.39 is 0 Å². The third-order valence-electron chi connectivity index (χ3n) is 0.982. The molecular weight excluding hydrogens is 178 g/mol. The molecule has 0 fully saturated rings. The second-order valence-corrected chi connectivity index (χ2v) is 2.54. The summed E-state index contributed by atoms with van der Waals surface area (Å²) in [6.07, 6.45) is 4.05. The van der Waals surface area contributed by atoms with Gasteiger partial charge in [0.05, 0.1) is 4.61 Å². The van der Waals surface area contributed by atoms with E-state index in [9.17, 15) is 0 Å². The number of halogens is 1. The zero-order valence-corrected chi connectivity index (χ0v) is 7.62. The molecule has 0 heterocycles. The summed E-state index contributed by atoms with van der Waals surface area (Å²) in [5, 5.41) is 2.99. The minimum atomic E-state index is 1.04. The summed E-state index contributed by atoms with van der Waals surface area (Å²) in [4.78, 5) is 0. The minimum Gasteiger partial charge on any atom is -0.382 e. The van der Waals surface area contributed by atoms with Crippen LogP contribution in [0.1, 0.15) is 13.8 Å². The maximum Gasteiger partial charge on any atom is 0.0806 e. The first-order valence-corrected chi connectivity index (χ1v) is 3.68. The minimum absolute atomic E-state index is 1.04. The molecular formula is C7H12BrN. The third kappa shape index (κ3) is 3.36. The van der Waals surface area contributed by atoms with Crippen molar-refractivity contribution in [2.75, 3.05) is 7.05 Å². The standard InChI is InChI=1S/C7H12BrN/c1-4-5-6(2)7(8)9-3/h4-5,9H,1-3H3/b5-4-,7-6-. The maximum atomic E-state index is 3.36. The normalized spacial score (nSPS) is 13.8. The molecule has 0 rings (SSSR count). The Morgan fingerprint density at radius 2 is 2.11 bits per heavy atom. The average Bonchev–Trinajstić information content (AvgIpc) is 1.87. The molecule has 52 valence electrons. The van der Waals surface area contributed by atoms with Crippen molar-refractivity contribution in [3.8, 4) is 0 Å². The van der Waals surface area contributed by atoms with Crippen LogP contribution in [-0.4, -0.2) is 7.05 Å². The molecule has 2 heteroatoms. The van der Waals surface area contributed by atoms with Gasteiger partial charge in [0.1, 0.15) is 0 Å². The maximum absolute atomic E-state index is 3.36. The van der Waals surface area contributed by atoms with Crippen molar-refractivity contribution in [3.63, 3.8) is 0 Å². The fourth-order valence-corrected chi connectivity index (χ4v) is 0.652. The Morgan fingerprint density at radius 1 is 1.56 bits per heavy atom. The molecule has 0 spiro atoms. The fraction of sp³-hybridized carbons (Fsp3) is 0.429. The number of nitrogens with one attached hydrogen (secondary N) is 1. The number of rotatable bonds is 2. The molecule has 1 N–H and O–H groups in total. The molecule has 0 saturated heterocycles. The topological polar surface area (TPSA) is 12.0 Å². The smallest absolute Gasteiger partial charge is 0.0806 e. The van der Waals surface area contributed by atoms with Crippen LogP contribution in [0.4, 0.5) is 0 Å². The largest absolute Gasteiger partial charge is 0.382 e. The summed E-state index contributed by atoms with van der Waals surface area (Å²) in [6, 6.07) is 0. The van der Waals surface area contributed by atoms with E-state index in [1.165, 1.54) is 5.57 Å².